The summed E-state index contributed by atoms with van der Waals surface area (Å²) in [4.78, 5) is 25.0. The van der Waals surface area contributed by atoms with E-state index in [1.807, 2.05) is 0 Å². The lowest BCUT2D eigenvalue weighted by Crippen LogP contribution is -2.47. The van der Waals surface area contributed by atoms with Gasteiger partial charge in [0.2, 0.25) is 5.91 Å². The molecule has 2 saturated heterocycles. The molecule has 17 heavy (non-hydrogen) atoms. The molecule has 2 aliphatic heterocycles. The van der Waals surface area contributed by atoms with Gasteiger partial charge in [0.25, 0.3) is 0 Å². The summed E-state index contributed by atoms with van der Waals surface area (Å²) in [6.45, 7) is 3.88. The topological polar surface area (TPSA) is 49.4 Å². The first-order chi connectivity index (χ1) is 8.15. The molecule has 0 bridgehead atoms. The second-order valence-electron chi connectivity index (χ2n) is 5.32. The molecule has 4 nitrogen and oxygen atoms in total. The summed E-state index contributed by atoms with van der Waals surface area (Å²) >= 11 is 0. The van der Waals surface area contributed by atoms with Gasteiger partial charge in [-0.15, -0.1) is 0 Å². The molecule has 0 aromatic rings. The highest BCUT2D eigenvalue weighted by Crippen LogP contribution is 2.26. The van der Waals surface area contributed by atoms with E-state index >= 15 is 0 Å². The number of carbonyl (C=O) groups excluding carboxylic acids is 2. The fourth-order valence-electron chi connectivity index (χ4n) is 2.94. The van der Waals surface area contributed by atoms with Crippen molar-refractivity contribution in [2.24, 2.45) is 0 Å². The number of ketones is 1. The van der Waals surface area contributed by atoms with Crippen molar-refractivity contribution in [3.05, 3.63) is 0 Å². The first-order valence-electron chi connectivity index (χ1n) is 6.68. The monoisotopic (exact) mass is 238 g/mol. The minimum Gasteiger partial charge on any atom is -0.353 e. The summed E-state index contributed by atoms with van der Waals surface area (Å²) in [7, 11) is 0. The Bertz CT molecular complexity index is 304. The third-order valence-corrected chi connectivity index (χ3v) is 3.89. The second kappa shape index (κ2) is 5.63. The smallest absolute Gasteiger partial charge is 0.220 e. The molecule has 2 heterocycles. The van der Waals surface area contributed by atoms with Crippen molar-refractivity contribution < 1.29 is 9.59 Å². The predicted octanol–water partition coefficient (Wildman–Crippen LogP) is 1.10. The molecule has 2 rings (SSSR count). The molecular weight excluding hydrogens is 216 g/mol. The van der Waals surface area contributed by atoms with Crippen LogP contribution in [0.1, 0.15) is 45.4 Å². The highest BCUT2D eigenvalue weighted by Gasteiger charge is 2.31. The molecule has 1 N–H and O–H groups in total. The number of nitrogens with zero attached hydrogens (tertiary/aromatic N) is 1. The second-order valence-corrected chi connectivity index (χ2v) is 5.32. The summed E-state index contributed by atoms with van der Waals surface area (Å²) in [5.41, 5.74) is 0. The van der Waals surface area contributed by atoms with E-state index in [-0.39, 0.29) is 11.7 Å². The molecule has 0 aliphatic carbocycles. The number of amides is 1. The predicted molar refractivity (Wildman–Crippen MR) is 65.7 cm³/mol. The highest BCUT2D eigenvalue weighted by atomic mass is 16.2. The van der Waals surface area contributed by atoms with Crippen LogP contribution in [0.3, 0.4) is 0 Å². The van der Waals surface area contributed by atoms with Crippen molar-refractivity contribution in [2.75, 3.05) is 13.1 Å². The lowest BCUT2D eigenvalue weighted by atomic mass is 9.97. The fourth-order valence-corrected chi connectivity index (χ4v) is 2.94. The third-order valence-electron chi connectivity index (χ3n) is 3.89. The van der Waals surface area contributed by atoms with Crippen LogP contribution in [0.4, 0.5) is 0 Å². The Morgan fingerprint density at radius 1 is 1.24 bits per heavy atom. The Morgan fingerprint density at radius 3 is 2.82 bits per heavy atom. The van der Waals surface area contributed by atoms with Crippen molar-refractivity contribution in [1.82, 2.24) is 10.2 Å². The molecule has 96 valence electrons. The molecule has 0 saturated carbocycles. The van der Waals surface area contributed by atoms with Crippen LogP contribution >= 0.6 is 0 Å². The highest BCUT2D eigenvalue weighted by molar-refractivity contribution is 5.83. The zero-order chi connectivity index (χ0) is 12.3. The Morgan fingerprint density at radius 2 is 2.06 bits per heavy atom. The number of fused-ring (bicyclic) bond motifs is 1. The van der Waals surface area contributed by atoms with Crippen LogP contribution in [0.2, 0.25) is 0 Å². The van der Waals surface area contributed by atoms with Gasteiger partial charge in [-0.1, -0.05) is 0 Å². The number of nitrogens with one attached hydrogen (secondary N) is 1. The summed E-state index contributed by atoms with van der Waals surface area (Å²) < 4.78 is 0. The van der Waals surface area contributed by atoms with E-state index in [2.05, 4.69) is 10.2 Å². The van der Waals surface area contributed by atoms with E-state index in [9.17, 15) is 9.59 Å². The minimum absolute atomic E-state index is 0.0386. The molecule has 0 radical (unpaired) electrons. The average molecular weight is 238 g/mol. The number of Topliss-reactive ketones (excluding diaryl/α,β-unsaturated/α-hetero) is 1. The standard InChI is InChI=1S/C13H22N2O2/c1-10(16)4-5-13(17)14-11-6-8-15-7-2-3-12(15)9-11/h11-12H,2-9H2,1H3,(H,14,17). The fraction of sp³-hybridized carbons (Fsp3) is 0.846. The van der Waals surface area contributed by atoms with Crippen LogP contribution in [0.15, 0.2) is 0 Å². The number of hydrogen-bond donors (Lipinski definition) is 1. The average Bonchev–Trinajstić information content (AvgIpc) is 2.73. The molecule has 0 aromatic heterocycles. The minimum atomic E-state index is 0.0386. The molecule has 2 aliphatic rings. The molecule has 4 heteroatoms. The Hall–Kier alpha value is -0.900. The van der Waals surface area contributed by atoms with E-state index in [4.69, 9.17) is 0 Å². The van der Waals surface area contributed by atoms with Gasteiger partial charge in [-0.2, -0.15) is 0 Å². The van der Waals surface area contributed by atoms with Gasteiger partial charge in [-0.3, -0.25) is 4.79 Å². The van der Waals surface area contributed by atoms with Gasteiger partial charge in [0.1, 0.15) is 5.78 Å². The maximum Gasteiger partial charge on any atom is 0.220 e. The van der Waals surface area contributed by atoms with Gasteiger partial charge in [0.15, 0.2) is 0 Å². The van der Waals surface area contributed by atoms with Crippen LogP contribution in [0.5, 0.6) is 0 Å². The van der Waals surface area contributed by atoms with E-state index in [1.54, 1.807) is 0 Å². The van der Waals surface area contributed by atoms with Gasteiger partial charge >= 0.3 is 0 Å². The van der Waals surface area contributed by atoms with Gasteiger partial charge in [-0.25, -0.2) is 0 Å². The SMILES string of the molecule is CC(=O)CCC(=O)NC1CCN2CCCC2C1. The number of rotatable bonds is 4. The number of hydrogen-bond acceptors (Lipinski definition) is 3. The van der Waals surface area contributed by atoms with Crippen LogP contribution in [-0.4, -0.2) is 41.8 Å². The largest absolute Gasteiger partial charge is 0.353 e. The van der Waals surface area contributed by atoms with Crippen molar-refractivity contribution in [2.45, 2.75) is 57.5 Å². The van der Waals surface area contributed by atoms with E-state index in [0.717, 1.165) is 19.4 Å². The van der Waals surface area contributed by atoms with Gasteiger partial charge in [0.05, 0.1) is 0 Å². The van der Waals surface area contributed by atoms with Crippen LogP contribution in [-0.2, 0) is 9.59 Å². The zero-order valence-electron chi connectivity index (χ0n) is 10.6. The van der Waals surface area contributed by atoms with Crippen molar-refractivity contribution in [1.29, 1.82) is 0 Å². The summed E-state index contributed by atoms with van der Waals surface area (Å²) in [5.74, 6) is 0.127. The Balaban J connectivity index is 1.72. The van der Waals surface area contributed by atoms with Crippen LogP contribution in [0, 0.1) is 0 Å². The molecule has 0 spiro atoms. The van der Waals surface area contributed by atoms with Crippen molar-refractivity contribution >= 4 is 11.7 Å². The Kier molecular flexibility index (Phi) is 4.15. The summed E-state index contributed by atoms with van der Waals surface area (Å²) in [5, 5.41) is 3.07. The van der Waals surface area contributed by atoms with E-state index < -0.39 is 0 Å². The maximum absolute atomic E-state index is 11.6. The quantitative estimate of drug-likeness (QED) is 0.798. The maximum atomic E-state index is 11.6. The zero-order valence-corrected chi connectivity index (χ0v) is 10.6. The molecule has 0 aromatic carbocycles. The third kappa shape index (κ3) is 3.53. The van der Waals surface area contributed by atoms with Gasteiger partial charge in [0, 0.05) is 31.5 Å². The normalized spacial score (nSPS) is 28.8. The molecular formula is C13H22N2O2. The van der Waals surface area contributed by atoms with Crippen molar-refractivity contribution in [3.8, 4) is 0 Å². The summed E-state index contributed by atoms with van der Waals surface area (Å²) in [6, 6.07) is 1.01. The Labute approximate surface area is 103 Å². The number of carbonyl (C=O) groups is 2. The summed E-state index contributed by atoms with van der Waals surface area (Å²) in [6.07, 6.45) is 5.44. The lowest BCUT2D eigenvalue weighted by Gasteiger charge is -2.35. The van der Waals surface area contributed by atoms with E-state index in [1.165, 1.54) is 26.3 Å². The molecule has 2 unspecified atom stereocenters. The first kappa shape index (κ1) is 12.6. The van der Waals surface area contributed by atoms with Crippen LogP contribution < -0.4 is 5.32 Å². The van der Waals surface area contributed by atoms with Crippen LogP contribution in [0.25, 0.3) is 0 Å². The number of piperidine rings is 1. The molecule has 2 fully saturated rings. The molecule has 1 amide bonds. The first-order valence-corrected chi connectivity index (χ1v) is 6.68. The van der Waals surface area contributed by atoms with E-state index in [0.29, 0.717) is 24.9 Å². The molecule has 2 atom stereocenters. The van der Waals surface area contributed by atoms with Gasteiger partial charge in [-0.05, 0) is 39.2 Å². The lowest BCUT2D eigenvalue weighted by molar-refractivity contribution is -0.125. The van der Waals surface area contributed by atoms with Crippen molar-refractivity contribution in [3.63, 3.8) is 0 Å². The van der Waals surface area contributed by atoms with Gasteiger partial charge < -0.3 is 15.0 Å².